The van der Waals surface area contributed by atoms with E-state index in [9.17, 15) is 22.9 Å². The number of ether oxygens (including phenoxy) is 1. The largest absolute Gasteiger partial charge is 0.497 e. The maximum Gasteiger partial charge on any atom is 0.270 e. The smallest absolute Gasteiger partial charge is 0.270 e. The van der Waals surface area contributed by atoms with E-state index in [1.54, 1.807) is 18.2 Å². The number of benzene rings is 3. The lowest BCUT2D eigenvalue weighted by Crippen LogP contribution is -2.15. The molecule has 160 valence electrons. The summed E-state index contributed by atoms with van der Waals surface area (Å²) in [5.41, 5.74) is 2.81. The van der Waals surface area contributed by atoms with Crippen molar-refractivity contribution in [3.8, 4) is 5.75 Å². The highest BCUT2D eigenvalue weighted by Gasteiger charge is 2.22. The van der Waals surface area contributed by atoms with E-state index >= 15 is 0 Å². The van der Waals surface area contributed by atoms with E-state index in [0.29, 0.717) is 11.3 Å². The second-order valence-electron chi connectivity index (χ2n) is 6.20. The Labute approximate surface area is 177 Å². The molecule has 0 saturated heterocycles. The number of nitro benzene ring substituents is 1. The number of halogens is 1. The molecule has 0 radical (unpaired) electrons. The Kier molecular flexibility index (Phi) is 6.46. The molecule has 0 aromatic heterocycles. The van der Waals surface area contributed by atoms with Crippen molar-refractivity contribution in [2.75, 3.05) is 17.3 Å². The minimum Gasteiger partial charge on any atom is -0.497 e. The first-order valence-corrected chi connectivity index (χ1v) is 10.3. The third-order valence-electron chi connectivity index (χ3n) is 4.06. The average molecular weight is 444 g/mol. The maximum absolute atomic E-state index is 13.3. The molecule has 3 aromatic carbocycles. The van der Waals surface area contributed by atoms with Crippen LogP contribution >= 0.6 is 0 Å². The van der Waals surface area contributed by atoms with Crippen LogP contribution in [0.3, 0.4) is 0 Å². The molecule has 0 amide bonds. The van der Waals surface area contributed by atoms with Gasteiger partial charge in [-0.25, -0.2) is 12.8 Å². The van der Waals surface area contributed by atoms with E-state index in [1.807, 2.05) is 0 Å². The minimum absolute atomic E-state index is 0.000681. The van der Waals surface area contributed by atoms with Gasteiger partial charge in [0.2, 0.25) is 0 Å². The van der Waals surface area contributed by atoms with Crippen LogP contribution in [0.5, 0.6) is 5.75 Å². The van der Waals surface area contributed by atoms with Gasteiger partial charge in [-0.2, -0.15) is 5.10 Å². The molecule has 0 aliphatic carbocycles. The van der Waals surface area contributed by atoms with Crippen molar-refractivity contribution >= 4 is 33.3 Å². The zero-order chi connectivity index (χ0) is 22.4. The molecule has 0 aliphatic heterocycles. The number of hydrazone groups is 1. The lowest BCUT2D eigenvalue weighted by Gasteiger charge is -2.12. The molecule has 0 atom stereocenters. The van der Waals surface area contributed by atoms with Crippen molar-refractivity contribution < 1.29 is 22.5 Å². The summed E-state index contributed by atoms with van der Waals surface area (Å²) in [6.45, 7) is 0. The number of hydrogen-bond donors (Lipinski definition) is 2. The second kappa shape index (κ2) is 9.22. The molecule has 11 heteroatoms. The molecule has 2 N–H and O–H groups in total. The SMILES string of the molecule is COc1ccc(NS(=O)(=O)c2cc([N+](=O)[O-])ccc2NN=Cc2cccc(F)c2)cc1. The van der Waals surface area contributed by atoms with Crippen LogP contribution in [0.25, 0.3) is 0 Å². The number of nitro groups is 1. The van der Waals surface area contributed by atoms with E-state index in [4.69, 9.17) is 4.74 Å². The predicted molar refractivity (Wildman–Crippen MR) is 115 cm³/mol. The Hall–Kier alpha value is -3.99. The summed E-state index contributed by atoms with van der Waals surface area (Å²) < 4.78 is 46.5. The quantitative estimate of drug-likeness (QED) is 0.308. The van der Waals surface area contributed by atoms with Gasteiger partial charge in [0.05, 0.1) is 23.9 Å². The van der Waals surface area contributed by atoms with Gasteiger partial charge in [0.1, 0.15) is 16.5 Å². The van der Waals surface area contributed by atoms with Gasteiger partial charge < -0.3 is 4.74 Å². The van der Waals surface area contributed by atoms with Crippen molar-refractivity contribution in [2.24, 2.45) is 5.10 Å². The first kappa shape index (κ1) is 21.7. The molecule has 0 fully saturated rings. The number of nitrogens with one attached hydrogen (secondary N) is 2. The minimum atomic E-state index is -4.21. The number of methoxy groups -OCH3 is 1. The van der Waals surface area contributed by atoms with Crippen molar-refractivity contribution in [3.05, 3.63) is 88.2 Å². The van der Waals surface area contributed by atoms with Crippen molar-refractivity contribution in [1.29, 1.82) is 0 Å². The van der Waals surface area contributed by atoms with Gasteiger partial charge in [0, 0.05) is 17.8 Å². The third-order valence-corrected chi connectivity index (χ3v) is 5.48. The number of sulfonamides is 1. The molecule has 0 spiro atoms. The van der Waals surface area contributed by atoms with Gasteiger partial charge in [-0.3, -0.25) is 20.3 Å². The normalized spacial score (nSPS) is 11.3. The van der Waals surface area contributed by atoms with Crippen LogP contribution < -0.4 is 14.9 Å². The summed E-state index contributed by atoms with van der Waals surface area (Å²) >= 11 is 0. The Morgan fingerprint density at radius 2 is 1.84 bits per heavy atom. The van der Waals surface area contributed by atoms with Gasteiger partial charge in [-0.15, -0.1) is 0 Å². The fraction of sp³-hybridized carbons (Fsp3) is 0.0500. The zero-order valence-corrected chi connectivity index (χ0v) is 17.0. The van der Waals surface area contributed by atoms with Crippen LogP contribution in [0.2, 0.25) is 0 Å². The van der Waals surface area contributed by atoms with E-state index in [0.717, 1.165) is 12.1 Å². The summed E-state index contributed by atoms with van der Waals surface area (Å²) in [7, 11) is -2.74. The molecule has 0 aliphatic rings. The van der Waals surface area contributed by atoms with Gasteiger partial charge in [-0.05, 0) is 48.0 Å². The zero-order valence-electron chi connectivity index (χ0n) is 16.2. The Morgan fingerprint density at radius 1 is 1.10 bits per heavy atom. The van der Waals surface area contributed by atoms with Gasteiger partial charge >= 0.3 is 0 Å². The molecule has 3 rings (SSSR count). The number of non-ortho nitro benzene ring substituents is 1. The first-order valence-electron chi connectivity index (χ1n) is 8.78. The fourth-order valence-corrected chi connectivity index (χ4v) is 3.81. The first-order chi connectivity index (χ1) is 14.8. The lowest BCUT2D eigenvalue weighted by atomic mass is 10.2. The number of nitrogens with zero attached hydrogens (tertiary/aromatic N) is 2. The molecular weight excluding hydrogens is 427 g/mol. The van der Waals surface area contributed by atoms with Crippen molar-refractivity contribution in [1.82, 2.24) is 0 Å². The summed E-state index contributed by atoms with van der Waals surface area (Å²) in [4.78, 5) is 10.1. The molecule has 31 heavy (non-hydrogen) atoms. The van der Waals surface area contributed by atoms with Crippen LogP contribution in [-0.4, -0.2) is 26.7 Å². The van der Waals surface area contributed by atoms with E-state index in [2.05, 4.69) is 15.2 Å². The van der Waals surface area contributed by atoms with Crippen molar-refractivity contribution in [2.45, 2.75) is 4.90 Å². The highest BCUT2D eigenvalue weighted by atomic mass is 32.2. The van der Waals surface area contributed by atoms with Crippen molar-refractivity contribution in [3.63, 3.8) is 0 Å². The number of rotatable bonds is 8. The van der Waals surface area contributed by atoms with Gasteiger partial charge in [0.25, 0.3) is 15.7 Å². The highest BCUT2D eigenvalue weighted by molar-refractivity contribution is 7.92. The van der Waals surface area contributed by atoms with Gasteiger partial charge in [-0.1, -0.05) is 12.1 Å². The monoisotopic (exact) mass is 444 g/mol. The summed E-state index contributed by atoms with van der Waals surface area (Å²) in [5.74, 6) is 0.0820. The average Bonchev–Trinajstić information content (AvgIpc) is 2.74. The molecule has 0 unspecified atom stereocenters. The van der Waals surface area contributed by atoms with Gasteiger partial charge in [0.15, 0.2) is 0 Å². The number of anilines is 2. The molecule has 0 bridgehead atoms. The topological polar surface area (TPSA) is 123 Å². The van der Waals surface area contributed by atoms with Crippen LogP contribution in [-0.2, 0) is 10.0 Å². The summed E-state index contributed by atoms with van der Waals surface area (Å²) in [6, 6.07) is 15.0. The summed E-state index contributed by atoms with van der Waals surface area (Å²) in [6.07, 6.45) is 1.29. The van der Waals surface area contributed by atoms with E-state index < -0.39 is 26.5 Å². The highest BCUT2D eigenvalue weighted by Crippen LogP contribution is 2.28. The van der Waals surface area contributed by atoms with Crippen LogP contribution in [0, 0.1) is 15.9 Å². The number of hydrogen-bond acceptors (Lipinski definition) is 7. The standard InChI is InChI=1S/C20H17FN4O5S/c1-30-18-8-5-16(6-9-18)24-31(28,29)20-12-17(25(26)27)7-10-19(20)23-22-13-14-3-2-4-15(21)11-14/h2-13,23-24H,1H3. The van der Waals surface area contributed by atoms with E-state index in [-0.39, 0.29) is 16.3 Å². The Balaban J connectivity index is 1.92. The molecular formula is C20H17FN4O5S. The lowest BCUT2D eigenvalue weighted by molar-refractivity contribution is -0.385. The third kappa shape index (κ3) is 5.54. The molecule has 9 nitrogen and oxygen atoms in total. The fourth-order valence-electron chi connectivity index (χ4n) is 2.57. The van der Waals surface area contributed by atoms with Crippen LogP contribution in [0.1, 0.15) is 5.56 Å². The Morgan fingerprint density at radius 3 is 2.48 bits per heavy atom. The summed E-state index contributed by atoms with van der Waals surface area (Å²) in [5, 5.41) is 15.1. The second-order valence-corrected chi connectivity index (χ2v) is 7.85. The van der Waals surface area contributed by atoms with Crippen LogP contribution in [0.15, 0.2) is 76.7 Å². The van der Waals surface area contributed by atoms with Crippen LogP contribution in [0.4, 0.5) is 21.5 Å². The molecule has 0 saturated carbocycles. The maximum atomic E-state index is 13.3. The molecule has 0 heterocycles. The van der Waals surface area contributed by atoms with E-state index in [1.165, 1.54) is 49.7 Å². The predicted octanol–water partition coefficient (Wildman–Crippen LogP) is 3.99. The molecule has 3 aromatic rings. The Bertz CT molecular complexity index is 1230.